The molecule has 2 aromatic rings. The van der Waals surface area contributed by atoms with Crippen LogP contribution in [0.15, 0.2) is 42.1 Å². The normalized spacial score (nSPS) is 15.9. The maximum Gasteiger partial charge on any atom is 0.250 e. The van der Waals surface area contributed by atoms with Gasteiger partial charge in [-0.2, -0.15) is 4.98 Å². The number of aliphatic carboxylic acids is 1. The summed E-state index contributed by atoms with van der Waals surface area (Å²) in [5.74, 6) is -1.10. The Balaban J connectivity index is 1.81. The highest BCUT2D eigenvalue weighted by molar-refractivity contribution is 5.90. The quantitative estimate of drug-likeness (QED) is 0.835. The lowest BCUT2D eigenvalue weighted by Gasteiger charge is -2.22. The highest BCUT2D eigenvalue weighted by Crippen LogP contribution is 2.29. The molecule has 3 rings (SSSR count). The Hall–Kier alpha value is -3.16. The van der Waals surface area contributed by atoms with E-state index in [0.29, 0.717) is 5.95 Å². The Morgan fingerprint density at radius 3 is 2.75 bits per heavy atom. The van der Waals surface area contributed by atoms with Crippen molar-refractivity contribution in [2.45, 2.75) is 25.8 Å². The number of anilines is 2. The average Bonchev–Trinajstić information content (AvgIpc) is 2.95. The topological polar surface area (TPSA) is 112 Å². The van der Waals surface area contributed by atoms with Gasteiger partial charge in [-0.15, -0.1) is 5.10 Å². The zero-order valence-electron chi connectivity index (χ0n) is 13.0. The van der Waals surface area contributed by atoms with Crippen LogP contribution >= 0.6 is 0 Å². The molecule has 0 saturated carbocycles. The molecular formula is C16H16N5O3-. The molecular weight excluding hydrogens is 310 g/mol. The van der Waals surface area contributed by atoms with Crippen LogP contribution in [0.25, 0.3) is 0 Å². The summed E-state index contributed by atoms with van der Waals surface area (Å²) in [6.07, 6.45) is 1.49. The third kappa shape index (κ3) is 3.43. The van der Waals surface area contributed by atoms with Gasteiger partial charge in [-0.05, 0) is 25.0 Å². The van der Waals surface area contributed by atoms with Gasteiger partial charge in [0.05, 0.1) is 0 Å². The number of aromatic nitrogens is 3. The molecule has 124 valence electrons. The zero-order valence-corrected chi connectivity index (χ0v) is 13.0. The Kier molecular flexibility index (Phi) is 4.28. The van der Waals surface area contributed by atoms with Crippen LogP contribution in [0.4, 0.5) is 11.9 Å². The van der Waals surface area contributed by atoms with Gasteiger partial charge >= 0.3 is 0 Å². The van der Waals surface area contributed by atoms with E-state index in [1.165, 1.54) is 0 Å². The summed E-state index contributed by atoms with van der Waals surface area (Å²) in [6.45, 7) is 1.92. The molecule has 8 heteroatoms. The minimum absolute atomic E-state index is 0.130. The molecule has 2 N–H and O–H groups in total. The summed E-state index contributed by atoms with van der Waals surface area (Å²) >= 11 is 0. The molecule has 0 fully saturated rings. The van der Waals surface area contributed by atoms with Crippen molar-refractivity contribution >= 4 is 23.8 Å². The van der Waals surface area contributed by atoms with Crippen molar-refractivity contribution in [1.82, 2.24) is 14.8 Å². The SMILES string of the molecule is CC1=C[C@@H](c2ccccc2)n2nc(NC(=O)CCC(=O)[O-])nc2N1. The van der Waals surface area contributed by atoms with Crippen LogP contribution in [-0.4, -0.2) is 26.6 Å². The fraction of sp³-hybridized carbons (Fsp3) is 0.250. The largest absolute Gasteiger partial charge is 0.550 e. The van der Waals surface area contributed by atoms with Gasteiger partial charge in [-0.1, -0.05) is 30.3 Å². The maximum absolute atomic E-state index is 11.7. The van der Waals surface area contributed by atoms with E-state index >= 15 is 0 Å². The second-order valence-corrected chi connectivity index (χ2v) is 5.45. The number of carboxylic acid groups (broad SMARTS) is 1. The van der Waals surface area contributed by atoms with E-state index in [1.807, 2.05) is 43.3 Å². The summed E-state index contributed by atoms with van der Waals surface area (Å²) in [5.41, 5.74) is 1.97. The third-order valence-electron chi connectivity index (χ3n) is 3.56. The van der Waals surface area contributed by atoms with E-state index in [9.17, 15) is 14.7 Å². The van der Waals surface area contributed by atoms with Gasteiger partial charge in [0.1, 0.15) is 6.04 Å². The van der Waals surface area contributed by atoms with E-state index in [0.717, 1.165) is 11.3 Å². The van der Waals surface area contributed by atoms with E-state index in [2.05, 4.69) is 20.7 Å². The first kappa shape index (κ1) is 15.7. The first-order valence-corrected chi connectivity index (χ1v) is 7.49. The highest BCUT2D eigenvalue weighted by Gasteiger charge is 2.23. The van der Waals surface area contributed by atoms with E-state index in [1.54, 1.807) is 4.68 Å². The lowest BCUT2D eigenvalue weighted by atomic mass is 10.1. The molecule has 1 aromatic carbocycles. The number of fused-ring (bicyclic) bond motifs is 1. The maximum atomic E-state index is 11.7. The first-order valence-electron chi connectivity index (χ1n) is 7.49. The molecule has 1 aliphatic heterocycles. The van der Waals surface area contributed by atoms with Crippen LogP contribution in [0.2, 0.25) is 0 Å². The summed E-state index contributed by atoms with van der Waals surface area (Å²) in [6, 6.07) is 9.67. The van der Waals surface area contributed by atoms with E-state index < -0.39 is 11.9 Å². The molecule has 0 unspecified atom stereocenters. The van der Waals surface area contributed by atoms with Gasteiger partial charge in [-0.25, -0.2) is 4.68 Å². The van der Waals surface area contributed by atoms with Crippen LogP contribution in [-0.2, 0) is 9.59 Å². The van der Waals surface area contributed by atoms with Crippen LogP contribution in [0.5, 0.6) is 0 Å². The molecule has 0 bridgehead atoms. The van der Waals surface area contributed by atoms with Crippen LogP contribution < -0.4 is 15.7 Å². The Bertz CT molecular complexity index is 797. The van der Waals surface area contributed by atoms with Crippen molar-refractivity contribution in [2.75, 3.05) is 10.6 Å². The van der Waals surface area contributed by atoms with Gasteiger partial charge in [0, 0.05) is 18.1 Å². The molecule has 1 atom stereocenters. The smallest absolute Gasteiger partial charge is 0.250 e. The van der Waals surface area contributed by atoms with Crippen LogP contribution in [0.3, 0.4) is 0 Å². The number of carbonyl (C=O) groups excluding carboxylic acids is 2. The Labute approximate surface area is 138 Å². The van der Waals surface area contributed by atoms with Crippen LogP contribution in [0.1, 0.15) is 31.4 Å². The minimum Gasteiger partial charge on any atom is -0.550 e. The summed E-state index contributed by atoms with van der Waals surface area (Å²) in [4.78, 5) is 26.4. The zero-order chi connectivity index (χ0) is 17.1. The number of amides is 1. The molecule has 2 heterocycles. The molecule has 0 spiro atoms. The number of carbonyl (C=O) groups is 2. The van der Waals surface area contributed by atoms with Gasteiger partial charge < -0.3 is 15.2 Å². The second-order valence-electron chi connectivity index (χ2n) is 5.45. The number of hydrogen-bond acceptors (Lipinski definition) is 6. The summed E-state index contributed by atoms with van der Waals surface area (Å²) in [7, 11) is 0. The number of allylic oxidation sites excluding steroid dienone is 2. The number of nitrogens with zero attached hydrogens (tertiary/aromatic N) is 3. The number of rotatable bonds is 5. The number of hydrogen-bond donors (Lipinski definition) is 2. The summed E-state index contributed by atoms with van der Waals surface area (Å²) < 4.78 is 1.68. The lowest BCUT2D eigenvalue weighted by molar-refractivity contribution is -0.305. The fourth-order valence-electron chi connectivity index (χ4n) is 2.47. The molecule has 1 aliphatic rings. The third-order valence-corrected chi connectivity index (χ3v) is 3.56. The highest BCUT2D eigenvalue weighted by atomic mass is 16.4. The number of benzene rings is 1. The molecule has 0 saturated heterocycles. The van der Waals surface area contributed by atoms with Crippen molar-refractivity contribution in [3.8, 4) is 0 Å². The molecule has 24 heavy (non-hydrogen) atoms. The average molecular weight is 326 g/mol. The predicted molar refractivity (Wildman–Crippen MR) is 84.9 cm³/mol. The van der Waals surface area contributed by atoms with Gasteiger partial charge in [0.15, 0.2) is 0 Å². The van der Waals surface area contributed by atoms with Crippen molar-refractivity contribution in [1.29, 1.82) is 0 Å². The van der Waals surface area contributed by atoms with Gasteiger partial charge in [0.2, 0.25) is 11.9 Å². The van der Waals surface area contributed by atoms with Gasteiger partial charge in [0.25, 0.3) is 5.95 Å². The van der Waals surface area contributed by atoms with Crippen molar-refractivity contribution < 1.29 is 14.7 Å². The van der Waals surface area contributed by atoms with E-state index in [4.69, 9.17) is 0 Å². The Morgan fingerprint density at radius 1 is 1.29 bits per heavy atom. The van der Waals surface area contributed by atoms with Crippen molar-refractivity contribution in [3.63, 3.8) is 0 Å². The molecule has 0 aliphatic carbocycles. The monoisotopic (exact) mass is 326 g/mol. The molecule has 1 aromatic heterocycles. The number of nitrogens with one attached hydrogen (secondary N) is 2. The molecule has 8 nitrogen and oxygen atoms in total. The predicted octanol–water partition coefficient (Wildman–Crippen LogP) is 0.665. The Morgan fingerprint density at radius 2 is 2.04 bits per heavy atom. The number of carboxylic acids is 1. The second kappa shape index (κ2) is 6.53. The van der Waals surface area contributed by atoms with E-state index in [-0.39, 0.29) is 24.8 Å². The molecule has 0 radical (unpaired) electrons. The van der Waals surface area contributed by atoms with Crippen molar-refractivity contribution in [3.05, 3.63) is 47.7 Å². The summed E-state index contributed by atoms with van der Waals surface area (Å²) in [5, 5.41) is 20.3. The molecule has 1 amide bonds. The standard InChI is InChI=1S/C16H17N5O3/c1-10-9-12(11-5-3-2-4-6-11)21-16(17-10)19-15(20-21)18-13(22)7-8-14(23)24/h2-6,9,12H,7-8H2,1H3,(H,23,24)(H2,17,18,19,20,22)/p-1/t12-/m0/s1. The first-order chi connectivity index (χ1) is 11.5. The van der Waals surface area contributed by atoms with Crippen LogP contribution in [0, 0.1) is 0 Å². The fourth-order valence-corrected chi connectivity index (χ4v) is 2.47. The lowest BCUT2D eigenvalue weighted by Crippen LogP contribution is -2.24. The van der Waals surface area contributed by atoms with Gasteiger partial charge in [-0.3, -0.25) is 10.1 Å². The minimum atomic E-state index is -1.27. The van der Waals surface area contributed by atoms with Crippen molar-refractivity contribution in [2.24, 2.45) is 0 Å².